The first-order valence-corrected chi connectivity index (χ1v) is 26.9. The lowest BCUT2D eigenvalue weighted by atomic mass is 9.89. The number of hydroxylamine groups is 2. The predicted molar refractivity (Wildman–Crippen MR) is 286 cm³/mol. The minimum absolute atomic E-state index is 0.100. The fourth-order valence-corrected chi connectivity index (χ4v) is 10.1. The number of aliphatic hydroxyl groups is 1. The van der Waals surface area contributed by atoms with E-state index in [2.05, 4.69) is 10.6 Å². The second kappa shape index (κ2) is 28.8. The van der Waals surface area contributed by atoms with Crippen molar-refractivity contribution in [2.75, 3.05) is 47.6 Å². The SMILES string of the molecule is CC[C@H](C)[C@@H]([C@@H](CC(=O)N1CCC[C@H]1[C@H](OC)[C@@H](C)C(=O)N[C@@H](Cc1ccccc1)C(O)OCC(C)C)OC)N(C)C(=O)[C@@H](NC(=O)[C@H](C(C)C)N(CCON1C(=O)c2ccccc2C1=O)C(=O)OC(C)(C)C)C(C)C. The number of hydrogen-bond acceptors (Lipinski definition) is 13. The van der Waals surface area contributed by atoms with Gasteiger partial charge in [0.15, 0.2) is 6.29 Å². The number of likely N-dealkylation sites (N-methyl/N-ethyl adjacent to an activating group) is 1. The van der Waals surface area contributed by atoms with Gasteiger partial charge in [-0.2, -0.15) is 0 Å². The number of nitrogens with zero attached hydrogens (tertiary/aromatic N) is 4. The number of carbonyl (C=O) groups is 7. The molecule has 2 aliphatic rings. The van der Waals surface area contributed by atoms with Crippen LogP contribution in [0.3, 0.4) is 0 Å². The van der Waals surface area contributed by atoms with E-state index in [0.717, 1.165) is 5.56 Å². The van der Waals surface area contributed by atoms with Crippen LogP contribution in [0.15, 0.2) is 54.6 Å². The summed E-state index contributed by atoms with van der Waals surface area (Å²) >= 11 is 0. The molecule has 0 radical (unpaired) electrons. The van der Waals surface area contributed by atoms with Crippen molar-refractivity contribution < 1.29 is 62.5 Å². The van der Waals surface area contributed by atoms with Gasteiger partial charge in [0.2, 0.25) is 23.6 Å². The lowest BCUT2D eigenvalue weighted by Crippen LogP contribution is -2.61. The van der Waals surface area contributed by atoms with E-state index in [1.807, 2.05) is 58.0 Å². The van der Waals surface area contributed by atoms with Gasteiger partial charge in [-0.05, 0) is 81.4 Å². The molecule has 1 unspecified atom stereocenters. The lowest BCUT2D eigenvalue weighted by Gasteiger charge is -2.41. The highest BCUT2D eigenvalue weighted by atomic mass is 16.7. The number of imide groups is 1. The van der Waals surface area contributed by atoms with Crippen LogP contribution in [-0.4, -0.2) is 168 Å². The summed E-state index contributed by atoms with van der Waals surface area (Å²) in [6.07, 6.45) is -1.50. The molecule has 0 aliphatic carbocycles. The third-order valence-corrected chi connectivity index (χ3v) is 14.2. The van der Waals surface area contributed by atoms with Crippen LogP contribution >= 0.6 is 0 Å². The number of rotatable bonds is 28. The van der Waals surface area contributed by atoms with Crippen LogP contribution < -0.4 is 10.6 Å². The molecule has 4 rings (SSSR count). The normalized spacial score (nSPS) is 18.4. The fraction of sp³-hybridized carbons (Fsp3) is 0.667. The molecule has 0 saturated carbocycles. The Kier molecular flexibility index (Phi) is 23.9. The number of aliphatic hydroxyl groups excluding tert-OH is 1. The summed E-state index contributed by atoms with van der Waals surface area (Å²) in [7, 11) is 4.66. The molecule has 1 fully saturated rings. The largest absolute Gasteiger partial charge is 0.444 e. The van der Waals surface area contributed by atoms with E-state index in [1.165, 1.54) is 31.3 Å². The van der Waals surface area contributed by atoms with Gasteiger partial charge in [-0.15, -0.1) is 5.06 Å². The molecule has 19 nitrogen and oxygen atoms in total. The van der Waals surface area contributed by atoms with Gasteiger partial charge in [0.25, 0.3) is 11.8 Å². The standard InChI is InChI=1S/C57H88N6O13/c1-16-37(8)48(44(72-14)32-45(64)61-28-22-27-43(61)49(73-15)38(9)50(65)58-42(55(70)74-33-34(2)3)31-39-23-18-17-19-24-39)60(13)54(69)46(35(4)5)59-51(66)47(36(6)7)62(56(71)76-57(10,11)12)29-30-75-63-52(67)40-25-20-21-26-41(40)53(63)68/h17-21,23-26,34-38,42-44,46-49,55,70H,16,22,27-33H2,1-15H3,(H,58,65)(H,59,66)/t37-,38+,42-,43-,44+,46-,47-,48-,49+,55?/m0/s1. The van der Waals surface area contributed by atoms with Gasteiger partial charge in [-0.3, -0.25) is 38.5 Å². The van der Waals surface area contributed by atoms with Crippen molar-refractivity contribution in [3.8, 4) is 0 Å². The molecular formula is C57H88N6O13. The zero-order valence-corrected chi connectivity index (χ0v) is 47.7. The molecule has 2 aromatic rings. The summed E-state index contributed by atoms with van der Waals surface area (Å²) in [4.78, 5) is 108. The van der Waals surface area contributed by atoms with E-state index in [0.29, 0.717) is 43.9 Å². The Morgan fingerprint density at radius 1 is 0.829 bits per heavy atom. The quantitative estimate of drug-likeness (QED) is 0.0634. The van der Waals surface area contributed by atoms with Gasteiger partial charge in [0.05, 0.1) is 73.6 Å². The van der Waals surface area contributed by atoms with Crippen molar-refractivity contribution in [1.82, 2.24) is 30.4 Å². The Morgan fingerprint density at radius 3 is 1.96 bits per heavy atom. The number of ether oxygens (including phenoxy) is 4. The van der Waals surface area contributed by atoms with Crippen LogP contribution in [0.5, 0.6) is 0 Å². The molecule has 424 valence electrons. The number of likely N-dealkylation sites (tertiary alicyclic amines) is 1. The van der Waals surface area contributed by atoms with Crippen LogP contribution in [0.25, 0.3) is 0 Å². The summed E-state index contributed by atoms with van der Waals surface area (Å²) in [5.74, 6) is -4.70. The van der Waals surface area contributed by atoms with E-state index in [9.17, 15) is 38.7 Å². The number of hydrogen-bond donors (Lipinski definition) is 3. The molecule has 2 heterocycles. The van der Waals surface area contributed by atoms with Crippen molar-refractivity contribution in [3.63, 3.8) is 0 Å². The van der Waals surface area contributed by atoms with Gasteiger partial charge in [0, 0.05) is 27.8 Å². The van der Waals surface area contributed by atoms with Crippen LogP contribution in [0.1, 0.15) is 135 Å². The molecule has 76 heavy (non-hydrogen) atoms. The highest BCUT2D eigenvalue weighted by molar-refractivity contribution is 6.20. The third kappa shape index (κ3) is 16.5. The molecule has 2 aliphatic heterocycles. The summed E-state index contributed by atoms with van der Waals surface area (Å²) in [5, 5.41) is 17.7. The van der Waals surface area contributed by atoms with Crippen molar-refractivity contribution in [1.29, 1.82) is 0 Å². The number of methoxy groups -OCH3 is 2. The number of carbonyl (C=O) groups excluding carboxylic acids is 7. The Hall–Kier alpha value is -5.47. The minimum atomic E-state index is -1.27. The van der Waals surface area contributed by atoms with E-state index in [4.69, 9.17) is 23.8 Å². The maximum Gasteiger partial charge on any atom is 0.411 e. The van der Waals surface area contributed by atoms with Gasteiger partial charge in [-0.1, -0.05) is 111 Å². The lowest BCUT2D eigenvalue weighted by molar-refractivity contribution is -0.149. The van der Waals surface area contributed by atoms with Crippen molar-refractivity contribution in [3.05, 3.63) is 71.3 Å². The average Bonchev–Trinajstić information content (AvgIpc) is 3.95. The second-order valence-corrected chi connectivity index (χ2v) is 22.4. The average molecular weight is 1070 g/mol. The van der Waals surface area contributed by atoms with E-state index in [-0.39, 0.29) is 54.3 Å². The van der Waals surface area contributed by atoms with Gasteiger partial charge >= 0.3 is 6.09 Å². The van der Waals surface area contributed by atoms with Crippen LogP contribution in [0.2, 0.25) is 0 Å². The Balaban J connectivity index is 1.53. The van der Waals surface area contributed by atoms with Crippen LogP contribution in [0, 0.1) is 29.6 Å². The molecule has 0 aromatic heterocycles. The zero-order chi connectivity index (χ0) is 56.8. The minimum Gasteiger partial charge on any atom is -0.444 e. The summed E-state index contributed by atoms with van der Waals surface area (Å²) in [6, 6.07) is 11.7. The smallest absolute Gasteiger partial charge is 0.411 e. The van der Waals surface area contributed by atoms with E-state index >= 15 is 0 Å². The second-order valence-electron chi connectivity index (χ2n) is 22.4. The third-order valence-electron chi connectivity index (χ3n) is 14.2. The van der Waals surface area contributed by atoms with Crippen molar-refractivity contribution in [2.45, 2.75) is 169 Å². The molecular weight excluding hydrogens is 977 g/mol. The first-order valence-electron chi connectivity index (χ1n) is 26.9. The van der Waals surface area contributed by atoms with Gasteiger partial charge in [-0.25, -0.2) is 4.79 Å². The molecule has 19 heteroatoms. The molecule has 1 saturated heterocycles. The molecule has 3 N–H and O–H groups in total. The zero-order valence-electron chi connectivity index (χ0n) is 47.7. The maximum absolute atomic E-state index is 14.9. The topological polar surface area (TPSA) is 223 Å². The molecule has 0 bridgehead atoms. The molecule has 0 spiro atoms. The van der Waals surface area contributed by atoms with Crippen molar-refractivity contribution in [2.24, 2.45) is 29.6 Å². The summed E-state index contributed by atoms with van der Waals surface area (Å²) in [6.45, 7) is 21.9. The Bertz CT molecular complexity index is 2220. The monoisotopic (exact) mass is 1060 g/mol. The van der Waals surface area contributed by atoms with Crippen LogP contribution in [0.4, 0.5) is 4.79 Å². The maximum atomic E-state index is 14.9. The Morgan fingerprint density at radius 2 is 1.43 bits per heavy atom. The van der Waals surface area contributed by atoms with Crippen molar-refractivity contribution >= 4 is 41.5 Å². The first kappa shape index (κ1) is 63.1. The van der Waals surface area contributed by atoms with E-state index < -0.39 is 102 Å². The Labute approximate surface area is 450 Å². The summed E-state index contributed by atoms with van der Waals surface area (Å²) in [5.41, 5.74) is 0.319. The number of fused-ring (bicyclic) bond motifs is 1. The van der Waals surface area contributed by atoms with Crippen LogP contribution in [-0.2, 0) is 49.4 Å². The van der Waals surface area contributed by atoms with E-state index in [1.54, 1.807) is 84.4 Å². The predicted octanol–water partition coefficient (Wildman–Crippen LogP) is 6.26. The van der Waals surface area contributed by atoms with Gasteiger partial charge in [0.1, 0.15) is 17.7 Å². The fourth-order valence-electron chi connectivity index (χ4n) is 10.1. The number of benzene rings is 2. The number of amides is 7. The molecule has 10 atom stereocenters. The summed E-state index contributed by atoms with van der Waals surface area (Å²) < 4.78 is 23.7. The molecule has 7 amide bonds. The first-order chi connectivity index (χ1) is 35.8. The van der Waals surface area contributed by atoms with Gasteiger partial charge < -0.3 is 44.5 Å². The highest BCUT2D eigenvalue weighted by Crippen LogP contribution is 2.31. The number of nitrogens with one attached hydrogen (secondary N) is 2. The highest BCUT2D eigenvalue weighted by Gasteiger charge is 2.45. The molecule has 2 aromatic carbocycles.